The fourth-order valence-electron chi connectivity index (χ4n) is 1.75. The molecule has 0 aromatic carbocycles. The third-order valence-corrected chi connectivity index (χ3v) is 2.78. The first kappa shape index (κ1) is 7.07. The van der Waals surface area contributed by atoms with Crippen molar-refractivity contribution >= 4 is 0 Å². The maximum atomic E-state index is 9.77. The molecular weight excluding hydrogens is 112 g/mol. The Morgan fingerprint density at radius 1 is 1.67 bits per heavy atom. The molecule has 0 spiro atoms. The summed E-state index contributed by atoms with van der Waals surface area (Å²) in [4.78, 5) is 0. The predicted octanol–water partition coefficient (Wildman–Crippen LogP) is 1.95. The quantitative estimate of drug-likeness (QED) is 0.572. The van der Waals surface area contributed by atoms with Gasteiger partial charge in [-0.05, 0) is 25.2 Å². The van der Waals surface area contributed by atoms with Gasteiger partial charge in [0, 0.05) is 0 Å². The minimum atomic E-state index is -0.306. The molecule has 1 rings (SSSR count). The van der Waals surface area contributed by atoms with Crippen LogP contribution in [0.2, 0.25) is 0 Å². The Morgan fingerprint density at radius 2 is 2.33 bits per heavy atom. The highest BCUT2D eigenvalue weighted by Gasteiger charge is 2.35. The Morgan fingerprint density at radius 3 is 2.56 bits per heavy atom. The minimum Gasteiger partial charge on any atom is -0.390 e. The van der Waals surface area contributed by atoms with Crippen LogP contribution in [0.1, 0.15) is 39.5 Å². The Balaban J connectivity index is 2.56. The van der Waals surface area contributed by atoms with E-state index in [0.29, 0.717) is 5.92 Å². The standard InChI is InChI=1S/C8H16O/c1-3-8(9)6-4-5-7(8)2/h7,9H,3-6H2,1-2H3. The van der Waals surface area contributed by atoms with Gasteiger partial charge in [0.2, 0.25) is 0 Å². The fraction of sp³-hybridized carbons (Fsp3) is 1.00. The molecule has 0 aromatic rings. The van der Waals surface area contributed by atoms with Crippen LogP contribution in [0.15, 0.2) is 0 Å². The molecule has 9 heavy (non-hydrogen) atoms. The Labute approximate surface area is 57.1 Å². The molecule has 2 unspecified atom stereocenters. The summed E-state index contributed by atoms with van der Waals surface area (Å²) >= 11 is 0. The van der Waals surface area contributed by atoms with Crippen molar-refractivity contribution < 1.29 is 5.11 Å². The van der Waals surface area contributed by atoms with Crippen molar-refractivity contribution in [2.75, 3.05) is 0 Å². The zero-order valence-corrected chi connectivity index (χ0v) is 6.35. The lowest BCUT2D eigenvalue weighted by Crippen LogP contribution is -2.29. The van der Waals surface area contributed by atoms with Crippen molar-refractivity contribution in [2.45, 2.75) is 45.1 Å². The van der Waals surface area contributed by atoms with E-state index in [0.717, 1.165) is 12.8 Å². The Kier molecular flexibility index (Phi) is 1.80. The lowest BCUT2D eigenvalue weighted by atomic mass is 9.90. The first-order chi connectivity index (χ1) is 4.19. The van der Waals surface area contributed by atoms with E-state index in [-0.39, 0.29) is 5.60 Å². The SMILES string of the molecule is CCC1(O)CCCC1C. The summed E-state index contributed by atoms with van der Waals surface area (Å²) in [6.07, 6.45) is 4.37. The van der Waals surface area contributed by atoms with Gasteiger partial charge < -0.3 is 5.11 Å². The zero-order chi connectivity index (χ0) is 6.91. The van der Waals surface area contributed by atoms with E-state index in [1.54, 1.807) is 0 Å². The van der Waals surface area contributed by atoms with Crippen molar-refractivity contribution in [1.29, 1.82) is 0 Å². The number of hydrogen-bond acceptors (Lipinski definition) is 1. The highest BCUT2D eigenvalue weighted by atomic mass is 16.3. The Hall–Kier alpha value is -0.0400. The summed E-state index contributed by atoms with van der Waals surface area (Å²) in [5.41, 5.74) is -0.306. The molecule has 0 saturated heterocycles. The minimum absolute atomic E-state index is 0.306. The van der Waals surface area contributed by atoms with Crippen LogP contribution in [-0.4, -0.2) is 10.7 Å². The summed E-state index contributed by atoms with van der Waals surface area (Å²) < 4.78 is 0. The lowest BCUT2D eigenvalue weighted by Gasteiger charge is -2.25. The van der Waals surface area contributed by atoms with E-state index in [1.807, 2.05) is 0 Å². The highest BCUT2D eigenvalue weighted by molar-refractivity contribution is 4.88. The number of hydrogen-bond donors (Lipinski definition) is 1. The third kappa shape index (κ3) is 1.11. The maximum absolute atomic E-state index is 9.77. The molecule has 1 N–H and O–H groups in total. The maximum Gasteiger partial charge on any atom is 0.0670 e. The van der Waals surface area contributed by atoms with Gasteiger partial charge in [0.25, 0.3) is 0 Å². The van der Waals surface area contributed by atoms with Crippen LogP contribution in [0.25, 0.3) is 0 Å². The van der Waals surface area contributed by atoms with Gasteiger partial charge in [0.1, 0.15) is 0 Å². The topological polar surface area (TPSA) is 20.2 Å². The van der Waals surface area contributed by atoms with E-state index < -0.39 is 0 Å². The largest absolute Gasteiger partial charge is 0.390 e. The van der Waals surface area contributed by atoms with Gasteiger partial charge in [0.05, 0.1) is 5.60 Å². The smallest absolute Gasteiger partial charge is 0.0670 e. The first-order valence-electron chi connectivity index (χ1n) is 3.91. The second-order valence-electron chi connectivity index (χ2n) is 3.25. The highest BCUT2D eigenvalue weighted by Crippen LogP contribution is 2.37. The average molecular weight is 128 g/mol. The van der Waals surface area contributed by atoms with Gasteiger partial charge in [-0.3, -0.25) is 0 Å². The van der Waals surface area contributed by atoms with Crippen LogP contribution in [0.3, 0.4) is 0 Å². The van der Waals surface area contributed by atoms with Crippen LogP contribution in [-0.2, 0) is 0 Å². The molecule has 1 aliphatic carbocycles. The summed E-state index contributed by atoms with van der Waals surface area (Å²) in [6.45, 7) is 4.22. The van der Waals surface area contributed by atoms with Crippen LogP contribution in [0.4, 0.5) is 0 Å². The van der Waals surface area contributed by atoms with E-state index in [9.17, 15) is 5.11 Å². The van der Waals surface area contributed by atoms with Crippen molar-refractivity contribution in [2.24, 2.45) is 5.92 Å². The van der Waals surface area contributed by atoms with E-state index in [2.05, 4.69) is 13.8 Å². The summed E-state index contributed by atoms with van der Waals surface area (Å²) in [6, 6.07) is 0. The first-order valence-corrected chi connectivity index (χ1v) is 3.91. The molecule has 1 nitrogen and oxygen atoms in total. The van der Waals surface area contributed by atoms with Crippen LogP contribution >= 0.6 is 0 Å². The molecule has 2 atom stereocenters. The van der Waals surface area contributed by atoms with E-state index in [4.69, 9.17) is 0 Å². The van der Waals surface area contributed by atoms with Crippen LogP contribution < -0.4 is 0 Å². The zero-order valence-electron chi connectivity index (χ0n) is 6.35. The molecule has 0 heterocycles. The van der Waals surface area contributed by atoms with E-state index >= 15 is 0 Å². The molecular formula is C8H16O. The van der Waals surface area contributed by atoms with E-state index in [1.165, 1.54) is 12.8 Å². The molecule has 0 aromatic heterocycles. The molecule has 1 aliphatic rings. The summed E-state index contributed by atoms with van der Waals surface area (Å²) in [7, 11) is 0. The molecule has 54 valence electrons. The van der Waals surface area contributed by atoms with Crippen molar-refractivity contribution in [3.63, 3.8) is 0 Å². The van der Waals surface area contributed by atoms with Crippen molar-refractivity contribution in [3.8, 4) is 0 Å². The van der Waals surface area contributed by atoms with Gasteiger partial charge in [-0.2, -0.15) is 0 Å². The summed E-state index contributed by atoms with van der Waals surface area (Å²) in [5, 5.41) is 9.77. The normalized spacial score (nSPS) is 43.7. The van der Waals surface area contributed by atoms with Gasteiger partial charge in [-0.25, -0.2) is 0 Å². The van der Waals surface area contributed by atoms with Crippen molar-refractivity contribution in [3.05, 3.63) is 0 Å². The van der Waals surface area contributed by atoms with Crippen LogP contribution in [0, 0.1) is 5.92 Å². The summed E-state index contributed by atoms with van der Waals surface area (Å²) in [5.74, 6) is 0.530. The predicted molar refractivity (Wildman–Crippen MR) is 38.3 cm³/mol. The monoisotopic (exact) mass is 128 g/mol. The van der Waals surface area contributed by atoms with Gasteiger partial charge in [-0.15, -0.1) is 0 Å². The fourth-order valence-corrected chi connectivity index (χ4v) is 1.75. The molecule has 0 aliphatic heterocycles. The lowest BCUT2D eigenvalue weighted by molar-refractivity contribution is 0.00561. The molecule has 0 amide bonds. The number of rotatable bonds is 1. The van der Waals surface area contributed by atoms with Gasteiger partial charge >= 0.3 is 0 Å². The second kappa shape index (κ2) is 2.30. The second-order valence-corrected chi connectivity index (χ2v) is 3.25. The average Bonchev–Trinajstić information content (AvgIpc) is 2.15. The Bertz CT molecular complexity index is 101. The number of aliphatic hydroxyl groups is 1. The van der Waals surface area contributed by atoms with Gasteiger partial charge in [0.15, 0.2) is 0 Å². The van der Waals surface area contributed by atoms with Crippen LogP contribution in [0.5, 0.6) is 0 Å². The van der Waals surface area contributed by atoms with Crippen molar-refractivity contribution in [1.82, 2.24) is 0 Å². The third-order valence-electron chi connectivity index (χ3n) is 2.78. The van der Waals surface area contributed by atoms with Gasteiger partial charge in [-0.1, -0.05) is 20.3 Å². The molecule has 0 radical (unpaired) electrons. The molecule has 1 fully saturated rings. The molecule has 0 bridgehead atoms. The molecule has 1 heteroatoms. The molecule has 1 saturated carbocycles.